The smallest absolute Gasteiger partial charge is 0.253 e. The van der Waals surface area contributed by atoms with Crippen LogP contribution in [0.15, 0.2) is 22.7 Å². The van der Waals surface area contributed by atoms with Crippen molar-refractivity contribution in [2.75, 3.05) is 19.7 Å². The van der Waals surface area contributed by atoms with Crippen LogP contribution in [0.5, 0.6) is 0 Å². The van der Waals surface area contributed by atoms with E-state index in [1.165, 1.54) is 0 Å². The van der Waals surface area contributed by atoms with Gasteiger partial charge in [-0.1, -0.05) is 15.9 Å². The molecule has 1 aromatic rings. The van der Waals surface area contributed by atoms with Crippen LogP contribution >= 0.6 is 15.9 Å². The molecule has 4 heteroatoms. The monoisotopic (exact) mass is 283 g/mol. The van der Waals surface area contributed by atoms with E-state index in [4.69, 9.17) is 5.11 Å². The molecule has 0 aliphatic carbocycles. The average Bonchev–Trinajstić information content (AvgIpc) is 2.14. The number of likely N-dealkylation sites (tertiary alicyclic amines) is 1. The summed E-state index contributed by atoms with van der Waals surface area (Å²) in [6.07, 6.45) is 0. The Balaban J connectivity index is 2.10. The zero-order chi connectivity index (χ0) is 11.7. The summed E-state index contributed by atoms with van der Waals surface area (Å²) in [5, 5.41) is 8.90. The quantitative estimate of drug-likeness (QED) is 0.900. The molecule has 0 spiro atoms. The molecule has 1 fully saturated rings. The van der Waals surface area contributed by atoms with Crippen LogP contribution in [0.25, 0.3) is 0 Å². The molecule has 2 rings (SSSR count). The van der Waals surface area contributed by atoms with Crippen molar-refractivity contribution in [1.29, 1.82) is 0 Å². The molecule has 0 atom stereocenters. The third kappa shape index (κ3) is 2.28. The number of rotatable bonds is 2. The molecule has 3 nitrogen and oxygen atoms in total. The molecule has 86 valence electrons. The number of halogens is 1. The third-order valence-corrected chi connectivity index (χ3v) is 3.25. The molecule has 0 radical (unpaired) electrons. The van der Waals surface area contributed by atoms with Crippen molar-refractivity contribution in [3.63, 3.8) is 0 Å². The highest BCUT2D eigenvalue weighted by Crippen LogP contribution is 2.21. The van der Waals surface area contributed by atoms with E-state index in [0.29, 0.717) is 18.7 Å². The lowest BCUT2D eigenvalue weighted by Gasteiger charge is -2.38. The molecule has 1 saturated heterocycles. The molecule has 1 amide bonds. The number of amides is 1. The second kappa shape index (κ2) is 4.55. The van der Waals surface area contributed by atoms with Crippen LogP contribution in [0.2, 0.25) is 0 Å². The largest absolute Gasteiger partial charge is 0.396 e. The number of nitrogens with zero attached hydrogens (tertiary/aromatic N) is 1. The zero-order valence-electron chi connectivity index (χ0n) is 9.11. The van der Waals surface area contributed by atoms with Gasteiger partial charge in [0.1, 0.15) is 0 Å². The van der Waals surface area contributed by atoms with Gasteiger partial charge >= 0.3 is 0 Å². The van der Waals surface area contributed by atoms with Crippen molar-refractivity contribution in [2.24, 2.45) is 5.92 Å². The SMILES string of the molecule is Cc1cc(Br)cc(C(=O)N2CC(CO)C2)c1. The first-order valence-electron chi connectivity index (χ1n) is 5.27. The maximum atomic E-state index is 12.0. The van der Waals surface area contributed by atoms with Crippen molar-refractivity contribution < 1.29 is 9.90 Å². The molecule has 1 N–H and O–H groups in total. The average molecular weight is 284 g/mol. The Morgan fingerprint density at radius 2 is 2.19 bits per heavy atom. The predicted molar refractivity (Wildman–Crippen MR) is 65.4 cm³/mol. The lowest BCUT2D eigenvalue weighted by atomic mass is 9.99. The number of carbonyl (C=O) groups is 1. The zero-order valence-corrected chi connectivity index (χ0v) is 10.7. The summed E-state index contributed by atoms with van der Waals surface area (Å²) in [7, 11) is 0. The third-order valence-electron chi connectivity index (χ3n) is 2.79. The van der Waals surface area contributed by atoms with Crippen LogP contribution in [0.4, 0.5) is 0 Å². The van der Waals surface area contributed by atoms with Crippen LogP contribution in [0.1, 0.15) is 15.9 Å². The van der Waals surface area contributed by atoms with Gasteiger partial charge in [0.2, 0.25) is 0 Å². The van der Waals surface area contributed by atoms with Gasteiger partial charge in [-0.3, -0.25) is 4.79 Å². The van der Waals surface area contributed by atoms with E-state index in [0.717, 1.165) is 10.0 Å². The van der Waals surface area contributed by atoms with E-state index in [1.54, 1.807) is 4.90 Å². The predicted octanol–water partition coefficient (Wildman–Crippen LogP) is 1.82. The van der Waals surface area contributed by atoms with Crippen molar-refractivity contribution in [2.45, 2.75) is 6.92 Å². The van der Waals surface area contributed by atoms with E-state index in [2.05, 4.69) is 15.9 Å². The molecule has 16 heavy (non-hydrogen) atoms. The lowest BCUT2D eigenvalue weighted by Crippen LogP contribution is -2.51. The molecular weight excluding hydrogens is 270 g/mol. The highest BCUT2D eigenvalue weighted by molar-refractivity contribution is 9.10. The van der Waals surface area contributed by atoms with Crippen LogP contribution in [-0.4, -0.2) is 35.6 Å². The number of hydrogen-bond acceptors (Lipinski definition) is 2. The minimum absolute atomic E-state index is 0.0501. The number of hydrogen-bond donors (Lipinski definition) is 1. The Labute approximate surface area is 103 Å². The summed E-state index contributed by atoms with van der Waals surface area (Å²) in [4.78, 5) is 13.8. The van der Waals surface area contributed by atoms with Crippen molar-refractivity contribution in [3.05, 3.63) is 33.8 Å². The summed E-state index contributed by atoms with van der Waals surface area (Å²) < 4.78 is 0.926. The Bertz CT molecular complexity index is 393. The van der Waals surface area contributed by atoms with Crippen molar-refractivity contribution in [3.8, 4) is 0 Å². The van der Waals surface area contributed by atoms with E-state index < -0.39 is 0 Å². The molecule has 0 aromatic heterocycles. The molecule has 1 aliphatic heterocycles. The number of aryl methyl sites for hydroxylation is 1. The topological polar surface area (TPSA) is 40.5 Å². The summed E-state index contributed by atoms with van der Waals surface area (Å²) in [5.41, 5.74) is 1.78. The standard InChI is InChI=1S/C12H14BrNO2/c1-8-2-10(4-11(13)3-8)12(16)14-5-9(6-14)7-15/h2-4,9,15H,5-7H2,1H3. The Morgan fingerprint density at radius 1 is 1.50 bits per heavy atom. The fourth-order valence-corrected chi connectivity index (χ4v) is 2.50. The number of aliphatic hydroxyl groups is 1. The van der Waals surface area contributed by atoms with Gasteiger partial charge in [0.05, 0.1) is 0 Å². The molecule has 1 aromatic carbocycles. The van der Waals surface area contributed by atoms with Gasteiger partial charge in [0.25, 0.3) is 5.91 Å². The first kappa shape index (κ1) is 11.6. The maximum Gasteiger partial charge on any atom is 0.253 e. The number of benzene rings is 1. The minimum atomic E-state index is 0.0501. The van der Waals surface area contributed by atoms with Gasteiger partial charge < -0.3 is 10.0 Å². The first-order chi connectivity index (χ1) is 7.60. The molecule has 0 saturated carbocycles. The maximum absolute atomic E-state index is 12.0. The normalized spacial score (nSPS) is 16.1. The fourth-order valence-electron chi connectivity index (χ4n) is 1.89. The van der Waals surface area contributed by atoms with Gasteiger partial charge in [0.15, 0.2) is 0 Å². The van der Waals surface area contributed by atoms with Crippen LogP contribution < -0.4 is 0 Å². The molecule has 1 aliphatic rings. The summed E-state index contributed by atoms with van der Waals surface area (Å²) >= 11 is 3.39. The Kier molecular flexibility index (Phi) is 3.30. The Morgan fingerprint density at radius 3 is 2.75 bits per heavy atom. The number of aliphatic hydroxyl groups excluding tert-OH is 1. The summed E-state index contributed by atoms with van der Waals surface area (Å²) in [6, 6.07) is 5.70. The van der Waals surface area contributed by atoms with E-state index in [9.17, 15) is 4.79 Å². The van der Waals surface area contributed by atoms with E-state index in [1.807, 2.05) is 25.1 Å². The Hall–Kier alpha value is -0.870. The van der Waals surface area contributed by atoms with Gasteiger partial charge in [-0.2, -0.15) is 0 Å². The van der Waals surface area contributed by atoms with E-state index in [-0.39, 0.29) is 18.4 Å². The van der Waals surface area contributed by atoms with E-state index >= 15 is 0 Å². The van der Waals surface area contributed by atoms with Gasteiger partial charge in [-0.25, -0.2) is 0 Å². The van der Waals surface area contributed by atoms with Crippen LogP contribution in [0.3, 0.4) is 0 Å². The van der Waals surface area contributed by atoms with Crippen molar-refractivity contribution >= 4 is 21.8 Å². The molecule has 0 unspecified atom stereocenters. The highest BCUT2D eigenvalue weighted by Gasteiger charge is 2.30. The van der Waals surface area contributed by atoms with Gasteiger partial charge in [-0.05, 0) is 30.7 Å². The first-order valence-corrected chi connectivity index (χ1v) is 6.07. The van der Waals surface area contributed by atoms with Crippen LogP contribution in [0, 0.1) is 12.8 Å². The molecule has 1 heterocycles. The second-order valence-corrected chi connectivity index (χ2v) is 5.19. The summed E-state index contributed by atoms with van der Waals surface area (Å²) in [6.45, 7) is 3.47. The van der Waals surface area contributed by atoms with Gasteiger partial charge in [0, 0.05) is 35.7 Å². The fraction of sp³-hybridized carbons (Fsp3) is 0.417. The van der Waals surface area contributed by atoms with Gasteiger partial charge in [-0.15, -0.1) is 0 Å². The molecule has 0 bridgehead atoms. The minimum Gasteiger partial charge on any atom is -0.396 e. The number of carbonyl (C=O) groups excluding carboxylic acids is 1. The lowest BCUT2D eigenvalue weighted by molar-refractivity contribution is 0.0362. The summed E-state index contributed by atoms with van der Waals surface area (Å²) in [5.74, 6) is 0.311. The second-order valence-electron chi connectivity index (χ2n) is 4.28. The molecular formula is C12H14BrNO2. The highest BCUT2D eigenvalue weighted by atomic mass is 79.9. The van der Waals surface area contributed by atoms with Crippen LogP contribution in [-0.2, 0) is 0 Å². The van der Waals surface area contributed by atoms with Crippen molar-refractivity contribution in [1.82, 2.24) is 4.90 Å².